The maximum atomic E-state index is 11.7. The van der Waals surface area contributed by atoms with Gasteiger partial charge in [0.25, 0.3) is 0 Å². The van der Waals surface area contributed by atoms with Crippen LogP contribution in [0.3, 0.4) is 0 Å². The number of aliphatic hydroxyl groups is 1. The summed E-state index contributed by atoms with van der Waals surface area (Å²) in [6.07, 6.45) is 0.927. The molecule has 0 bridgehead atoms. The Kier molecular flexibility index (Phi) is 9.92. The number of aliphatic hydroxyl groups excluding tert-OH is 1. The molecule has 1 amide bonds. The molecule has 2 atom stereocenters. The Balaban J connectivity index is 0. The van der Waals surface area contributed by atoms with Crippen molar-refractivity contribution in [2.24, 2.45) is 11.7 Å². The summed E-state index contributed by atoms with van der Waals surface area (Å²) < 4.78 is 0. The van der Waals surface area contributed by atoms with Crippen molar-refractivity contribution in [3.8, 4) is 0 Å². The lowest BCUT2D eigenvalue weighted by Gasteiger charge is -2.22. The summed E-state index contributed by atoms with van der Waals surface area (Å²) in [6, 6.07) is -0.413. The molecule has 0 saturated carbocycles. The molecule has 4 nitrogen and oxygen atoms in total. The minimum Gasteiger partial charge on any atom is -0.393 e. The number of carbonyl (C=O) groups is 1. The highest BCUT2D eigenvalue weighted by Crippen LogP contribution is 2.05. The van der Waals surface area contributed by atoms with Crippen molar-refractivity contribution in [3.05, 3.63) is 0 Å². The topological polar surface area (TPSA) is 66.6 Å². The first-order valence-corrected chi connectivity index (χ1v) is 5.53. The van der Waals surface area contributed by atoms with Crippen molar-refractivity contribution in [2.75, 3.05) is 13.6 Å². The fourth-order valence-corrected chi connectivity index (χ4v) is 1.38. The average Bonchev–Trinajstić information content (AvgIpc) is 2.11. The van der Waals surface area contributed by atoms with Crippen LogP contribution in [0, 0.1) is 5.92 Å². The minimum atomic E-state index is -0.413. The van der Waals surface area contributed by atoms with Gasteiger partial charge in [-0.1, -0.05) is 13.8 Å². The summed E-state index contributed by atoms with van der Waals surface area (Å²) in [5.74, 6) is 0.387. The van der Waals surface area contributed by atoms with Crippen LogP contribution in [-0.2, 0) is 4.79 Å². The van der Waals surface area contributed by atoms with E-state index in [-0.39, 0.29) is 24.4 Å². The van der Waals surface area contributed by atoms with E-state index in [0.29, 0.717) is 25.3 Å². The van der Waals surface area contributed by atoms with Crippen LogP contribution in [0.15, 0.2) is 0 Å². The van der Waals surface area contributed by atoms with E-state index < -0.39 is 6.04 Å². The van der Waals surface area contributed by atoms with Gasteiger partial charge in [0.1, 0.15) is 0 Å². The average molecular weight is 253 g/mol. The van der Waals surface area contributed by atoms with E-state index in [0.717, 1.165) is 0 Å². The van der Waals surface area contributed by atoms with Crippen molar-refractivity contribution in [1.29, 1.82) is 0 Å². The van der Waals surface area contributed by atoms with Gasteiger partial charge in [0, 0.05) is 13.6 Å². The van der Waals surface area contributed by atoms with Gasteiger partial charge < -0.3 is 15.7 Å². The molecular formula is C11H25ClN2O2. The first-order valence-electron chi connectivity index (χ1n) is 5.53. The van der Waals surface area contributed by atoms with E-state index in [4.69, 9.17) is 10.8 Å². The van der Waals surface area contributed by atoms with Crippen LogP contribution in [0.2, 0.25) is 0 Å². The number of nitrogens with zero attached hydrogens (tertiary/aromatic N) is 1. The zero-order valence-electron chi connectivity index (χ0n) is 10.6. The number of amides is 1. The lowest BCUT2D eigenvalue weighted by molar-refractivity contribution is -0.131. The standard InChI is InChI=1S/C11H24N2O2.ClH/c1-8(2)7-10(12)11(15)13(4)6-5-9(3)14;/h8-10,14H,5-7,12H2,1-4H3;1H. The third-order valence-electron chi connectivity index (χ3n) is 2.30. The van der Waals surface area contributed by atoms with Crippen LogP contribution in [0.1, 0.15) is 33.6 Å². The van der Waals surface area contributed by atoms with Crippen LogP contribution in [0.4, 0.5) is 0 Å². The zero-order valence-corrected chi connectivity index (χ0v) is 11.5. The van der Waals surface area contributed by atoms with Gasteiger partial charge >= 0.3 is 0 Å². The van der Waals surface area contributed by atoms with Crippen LogP contribution in [0.5, 0.6) is 0 Å². The van der Waals surface area contributed by atoms with Crippen LogP contribution in [-0.4, -0.2) is 41.7 Å². The lowest BCUT2D eigenvalue weighted by Crippen LogP contribution is -2.43. The molecule has 3 N–H and O–H groups in total. The Morgan fingerprint density at radius 2 is 1.88 bits per heavy atom. The van der Waals surface area contributed by atoms with Crippen molar-refractivity contribution in [2.45, 2.75) is 45.8 Å². The van der Waals surface area contributed by atoms with Crippen LogP contribution < -0.4 is 5.73 Å². The van der Waals surface area contributed by atoms with E-state index in [1.807, 2.05) is 13.8 Å². The number of nitrogens with two attached hydrogens (primary N) is 1. The predicted molar refractivity (Wildman–Crippen MR) is 68.6 cm³/mol. The molecule has 0 aliphatic carbocycles. The first kappa shape index (κ1) is 18.1. The number of hydrogen-bond donors (Lipinski definition) is 2. The maximum absolute atomic E-state index is 11.7. The lowest BCUT2D eigenvalue weighted by atomic mass is 10.0. The number of rotatable bonds is 6. The van der Waals surface area contributed by atoms with Crippen molar-refractivity contribution >= 4 is 18.3 Å². The van der Waals surface area contributed by atoms with Crippen molar-refractivity contribution in [3.63, 3.8) is 0 Å². The smallest absolute Gasteiger partial charge is 0.239 e. The first-order chi connectivity index (χ1) is 6.84. The molecular weight excluding hydrogens is 228 g/mol. The van der Waals surface area contributed by atoms with E-state index in [9.17, 15) is 4.79 Å². The largest absolute Gasteiger partial charge is 0.393 e. The summed E-state index contributed by atoms with van der Waals surface area (Å²) in [4.78, 5) is 13.3. The van der Waals surface area contributed by atoms with E-state index in [1.54, 1.807) is 18.9 Å². The molecule has 0 aromatic carbocycles. The molecule has 98 valence electrons. The highest BCUT2D eigenvalue weighted by Gasteiger charge is 2.18. The van der Waals surface area contributed by atoms with Gasteiger partial charge in [-0.05, 0) is 25.7 Å². The second-order valence-corrected chi connectivity index (χ2v) is 4.63. The third-order valence-corrected chi connectivity index (χ3v) is 2.30. The number of likely N-dealkylation sites (N-methyl/N-ethyl adjacent to an activating group) is 1. The van der Waals surface area contributed by atoms with Crippen molar-refractivity contribution in [1.82, 2.24) is 4.90 Å². The summed E-state index contributed by atoms with van der Waals surface area (Å²) in [5.41, 5.74) is 5.77. The molecule has 0 rings (SSSR count). The van der Waals surface area contributed by atoms with Gasteiger partial charge in [0.15, 0.2) is 0 Å². The van der Waals surface area contributed by atoms with E-state index in [2.05, 4.69) is 0 Å². The third kappa shape index (κ3) is 7.91. The molecule has 0 aromatic rings. The molecule has 0 heterocycles. The second kappa shape index (κ2) is 8.79. The Morgan fingerprint density at radius 3 is 2.25 bits per heavy atom. The minimum absolute atomic E-state index is 0. The van der Waals surface area contributed by atoms with Gasteiger partial charge in [0.05, 0.1) is 12.1 Å². The second-order valence-electron chi connectivity index (χ2n) is 4.63. The zero-order chi connectivity index (χ0) is 12.0. The van der Waals surface area contributed by atoms with Gasteiger partial charge in [-0.3, -0.25) is 4.79 Å². The molecule has 0 radical (unpaired) electrons. The van der Waals surface area contributed by atoms with Gasteiger partial charge in [0.2, 0.25) is 5.91 Å². The number of carbonyl (C=O) groups excluding carboxylic acids is 1. The maximum Gasteiger partial charge on any atom is 0.239 e. The molecule has 16 heavy (non-hydrogen) atoms. The molecule has 0 spiro atoms. The molecule has 0 fully saturated rings. The molecule has 0 aliphatic heterocycles. The highest BCUT2D eigenvalue weighted by atomic mass is 35.5. The van der Waals surface area contributed by atoms with Gasteiger partial charge in [-0.25, -0.2) is 0 Å². The Morgan fingerprint density at radius 1 is 1.38 bits per heavy atom. The molecule has 0 saturated heterocycles. The van der Waals surface area contributed by atoms with Crippen LogP contribution in [0.25, 0.3) is 0 Å². The predicted octanol–water partition coefficient (Wildman–Crippen LogP) is 1.01. The quantitative estimate of drug-likeness (QED) is 0.742. The molecule has 5 heteroatoms. The number of hydrogen-bond acceptors (Lipinski definition) is 3. The SMILES string of the molecule is CC(C)CC(N)C(=O)N(C)CCC(C)O.Cl. The Hall–Kier alpha value is -0.320. The highest BCUT2D eigenvalue weighted by molar-refractivity contribution is 5.85. The van der Waals surface area contributed by atoms with Gasteiger partial charge in [-0.2, -0.15) is 0 Å². The summed E-state index contributed by atoms with van der Waals surface area (Å²) in [7, 11) is 1.73. The fourth-order valence-electron chi connectivity index (χ4n) is 1.38. The normalized spacial score (nSPS) is 14.2. The Labute approximate surface area is 105 Å². The molecule has 2 unspecified atom stereocenters. The summed E-state index contributed by atoms with van der Waals surface area (Å²) in [5, 5.41) is 9.10. The number of halogens is 1. The van der Waals surface area contributed by atoms with E-state index in [1.165, 1.54) is 0 Å². The fraction of sp³-hybridized carbons (Fsp3) is 0.909. The molecule has 0 aliphatic rings. The monoisotopic (exact) mass is 252 g/mol. The summed E-state index contributed by atoms with van der Waals surface area (Å²) in [6.45, 7) is 6.36. The van der Waals surface area contributed by atoms with E-state index >= 15 is 0 Å². The van der Waals surface area contributed by atoms with Crippen LogP contribution >= 0.6 is 12.4 Å². The summed E-state index contributed by atoms with van der Waals surface area (Å²) >= 11 is 0. The van der Waals surface area contributed by atoms with Gasteiger partial charge in [-0.15, -0.1) is 12.4 Å². The molecule has 0 aromatic heterocycles. The Bertz CT molecular complexity index is 198. The van der Waals surface area contributed by atoms with Crippen molar-refractivity contribution < 1.29 is 9.90 Å².